The molecule has 1 heterocycles. The van der Waals surface area contributed by atoms with Crippen LogP contribution in [0.3, 0.4) is 0 Å². The summed E-state index contributed by atoms with van der Waals surface area (Å²) in [5.41, 5.74) is 1.000. The molecular formula is C16H21F2N3. The average Bonchev–Trinajstić information content (AvgIpc) is 2.75. The number of nitrogens with zero attached hydrogens (tertiary/aromatic N) is 2. The Kier molecular flexibility index (Phi) is 5.07. The summed E-state index contributed by atoms with van der Waals surface area (Å²) in [6.45, 7) is 7.77. The molecular weight excluding hydrogens is 272 g/mol. The first kappa shape index (κ1) is 15.6. The van der Waals surface area contributed by atoms with Crippen molar-refractivity contribution in [2.45, 2.75) is 33.9 Å². The molecule has 0 saturated heterocycles. The minimum atomic E-state index is -0.524. The molecule has 0 aliphatic rings. The third-order valence-corrected chi connectivity index (χ3v) is 3.37. The molecule has 3 nitrogen and oxygen atoms in total. The molecule has 0 fully saturated rings. The number of aryl methyl sites for hydroxylation is 1. The van der Waals surface area contributed by atoms with Gasteiger partial charge in [0.15, 0.2) is 0 Å². The van der Waals surface area contributed by atoms with Gasteiger partial charge in [-0.05, 0) is 31.5 Å². The molecule has 0 saturated carbocycles. The lowest BCUT2D eigenvalue weighted by Crippen LogP contribution is -2.21. The van der Waals surface area contributed by atoms with Gasteiger partial charge >= 0.3 is 0 Å². The Labute approximate surface area is 124 Å². The molecule has 0 bridgehead atoms. The van der Waals surface area contributed by atoms with Crippen LogP contribution < -0.4 is 5.32 Å². The van der Waals surface area contributed by atoms with E-state index < -0.39 is 11.6 Å². The summed E-state index contributed by atoms with van der Waals surface area (Å²) >= 11 is 0. The lowest BCUT2D eigenvalue weighted by atomic mass is 10.2. The molecule has 2 rings (SSSR count). The molecule has 1 aromatic heterocycles. The van der Waals surface area contributed by atoms with Gasteiger partial charge in [0.05, 0.1) is 12.2 Å². The Morgan fingerprint density at radius 3 is 2.52 bits per heavy atom. The fourth-order valence-electron chi connectivity index (χ4n) is 2.20. The van der Waals surface area contributed by atoms with Gasteiger partial charge in [-0.15, -0.1) is 0 Å². The molecule has 2 aromatic rings. The quantitative estimate of drug-likeness (QED) is 0.886. The van der Waals surface area contributed by atoms with Crippen molar-refractivity contribution in [1.82, 2.24) is 14.9 Å². The maximum absolute atomic E-state index is 13.8. The second kappa shape index (κ2) is 6.80. The smallest absolute Gasteiger partial charge is 0.131 e. The van der Waals surface area contributed by atoms with Crippen molar-refractivity contribution >= 4 is 0 Å². The Hall–Kier alpha value is -1.75. The molecule has 0 unspecified atom stereocenters. The first-order valence-corrected chi connectivity index (χ1v) is 7.13. The van der Waals surface area contributed by atoms with Crippen molar-refractivity contribution in [2.75, 3.05) is 6.54 Å². The Morgan fingerprint density at radius 2 is 1.90 bits per heavy atom. The van der Waals surface area contributed by atoms with Crippen molar-refractivity contribution in [2.24, 2.45) is 5.92 Å². The van der Waals surface area contributed by atoms with Crippen LogP contribution in [-0.4, -0.2) is 16.1 Å². The van der Waals surface area contributed by atoms with E-state index in [9.17, 15) is 8.78 Å². The van der Waals surface area contributed by atoms with Crippen molar-refractivity contribution < 1.29 is 8.78 Å². The van der Waals surface area contributed by atoms with Gasteiger partial charge in [-0.2, -0.15) is 0 Å². The monoisotopic (exact) mass is 293 g/mol. The van der Waals surface area contributed by atoms with Crippen molar-refractivity contribution in [3.05, 3.63) is 53.1 Å². The zero-order valence-electron chi connectivity index (χ0n) is 12.7. The largest absolute Gasteiger partial charge is 0.326 e. The Balaban J connectivity index is 2.18. The lowest BCUT2D eigenvalue weighted by Gasteiger charge is -2.13. The van der Waals surface area contributed by atoms with Gasteiger partial charge in [0.1, 0.15) is 17.5 Å². The summed E-state index contributed by atoms with van der Waals surface area (Å²) in [5.74, 6) is 0.249. The SMILES string of the molecule is Cc1ncc(CNCC(C)C)n1Cc1c(F)cccc1F. The molecule has 1 N–H and O–H groups in total. The second-order valence-corrected chi connectivity index (χ2v) is 5.61. The predicted molar refractivity (Wildman–Crippen MR) is 79.0 cm³/mol. The van der Waals surface area contributed by atoms with Gasteiger partial charge in [0.2, 0.25) is 0 Å². The zero-order chi connectivity index (χ0) is 15.4. The fourth-order valence-corrected chi connectivity index (χ4v) is 2.20. The highest BCUT2D eigenvalue weighted by molar-refractivity contribution is 5.21. The van der Waals surface area contributed by atoms with Gasteiger partial charge in [0.25, 0.3) is 0 Å². The number of rotatable bonds is 6. The van der Waals surface area contributed by atoms with E-state index in [2.05, 4.69) is 24.1 Å². The van der Waals surface area contributed by atoms with E-state index in [-0.39, 0.29) is 12.1 Å². The molecule has 0 radical (unpaired) electrons. The minimum Gasteiger partial charge on any atom is -0.326 e. The summed E-state index contributed by atoms with van der Waals surface area (Å²) in [7, 11) is 0. The lowest BCUT2D eigenvalue weighted by molar-refractivity contribution is 0.521. The highest BCUT2D eigenvalue weighted by Gasteiger charge is 2.13. The van der Waals surface area contributed by atoms with E-state index in [4.69, 9.17) is 0 Å². The van der Waals surface area contributed by atoms with Crippen LogP contribution in [0.15, 0.2) is 24.4 Å². The Bertz CT molecular complexity index is 585. The molecule has 0 aliphatic carbocycles. The van der Waals surface area contributed by atoms with E-state index in [1.165, 1.54) is 18.2 Å². The van der Waals surface area contributed by atoms with Crippen molar-refractivity contribution in [1.29, 1.82) is 0 Å². The number of hydrogen-bond acceptors (Lipinski definition) is 2. The van der Waals surface area contributed by atoms with Gasteiger partial charge < -0.3 is 9.88 Å². The summed E-state index contributed by atoms with van der Waals surface area (Å²) in [6, 6.07) is 3.93. The fraction of sp³-hybridized carbons (Fsp3) is 0.438. The summed E-state index contributed by atoms with van der Waals surface area (Å²) in [4.78, 5) is 4.25. The zero-order valence-corrected chi connectivity index (χ0v) is 12.7. The predicted octanol–water partition coefficient (Wildman–Crippen LogP) is 3.26. The van der Waals surface area contributed by atoms with E-state index in [0.29, 0.717) is 12.5 Å². The standard InChI is InChI=1S/C16H21F2N3/c1-11(2)7-19-8-13-9-20-12(3)21(13)10-14-15(17)5-4-6-16(14)18/h4-6,9,11,19H,7-8,10H2,1-3H3. The van der Waals surface area contributed by atoms with Crippen LogP contribution in [0.25, 0.3) is 0 Å². The normalized spacial score (nSPS) is 11.3. The molecule has 0 amide bonds. The molecule has 5 heteroatoms. The van der Waals surface area contributed by atoms with Crippen LogP contribution in [0.2, 0.25) is 0 Å². The third-order valence-electron chi connectivity index (χ3n) is 3.37. The third kappa shape index (κ3) is 3.88. The minimum absolute atomic E-state index is 0.0729. The number of hydrogen-bond donors (Lipinski definition) is 1. The van der Waals surface area contributed by atoms with Crippen LogP contribution in [0.4, 0.5) is 8.78 Å². The molecule has 0 atom stereocenters. The van der Waals surface area contributed by atoms with Gasteiger partial charge in [0, 0.05) is 18.3 Å². The highest BCUT2D eigenvalue weighted by Crippen LogP contribution is 2.16. The first-order chi connectivity index (χ1) is 9.99. The van der Waals surface area contributed by atoms with E-state index in [0.717, 1.165) is 18.1 Å². The maximum atomic E-state index is 13.8. The van der Waals surface area contributed by atoms with Crippen LogP contribution in [-0.2, 0) is 13.1 Å². The van der Waals surface area contributed by atoms with Gasteiger partial charge in [-0.3, -0.25) is 0 Å². The van der Waals surface area contributed by atoms with E-state index in [1.807, 2.05) is 11.5 Å². The molecule has 0 spiro atoms. The molecule has 1 aromatic carbocycles. The number of nitrogens with one attached hydrogen (secondary N) is 1. The van der Waals surface area contributed by atoms with E-state index >= 15 is 0 Å². The van der Waals surface area contributed by atoms with Crippen LogP contribution in [0.1, 0.15) is 30.9 Å². The number of aromatic nitrogens is 2. The molecule has 21 heavy (non-hydrogen) atoms. The molecule has 114 valence electrons. The van der Waals surface area contributed by atoms with Crippen LogP contribution in [0, 0.1) is 24.5 Å². The van der Waals surface area contributed by atoms with Gasteiger partial charge in [-0.25, -0.2) is 13.8 Å². The number of imidazole rings is 1. The number of benzene rings is 1. The van der Waals surface area contributed by atoms with Crippen molar-refractivity contribution in [3.8, 4) is 0 Å². The summed E-state index contributed by atoms with van der Waals surface area (Å²) in [6.07, 6.45) is 1.75. The van der Waals surface area contributed by atoms with Crippen LogP contribution >= 0.6 is 0 Å². The average molecular weight is 293 g/mol. The number of halogens is 2. The summed E-state index contributed by atoms with van der Waals surface area (Å²) < 4.78 is 29.4. The first-order valence-electron chi connectivity index (χ1n) is 7.13. The van der Waals surface area contributed by atoms with Crippen molar-refractivity contribution in [3.63, 3.8) is 0 Å². The molecule has 0 aliphatic heterocycles. The second-order valence-electron chi connectivity index (χ2n) is 5.61. The van der Waals surface area contributed by atoms with Gasteiger partial charge in [-0.1, -0.05) is 19.9 Å². The topological polar surface area (TPSA) is 29.9 Å². The highest BCUT2D eigenvalue weighted by atomic mass is 19.1. The van der Waals surface area contributed by atoms with Crippen LogP contribution in [0.5, 0.6) is 0 Å². The Morgan fingerprint density at radius 1 is 1.24 bits per heavy atom. The maximum Gasteiger partial charge on any atom is 0.131 e. The summed E-state index contributed by atoms with van der Waals surface area (Å²) in [5, 5.41) is 3.32. The van der Waals surface area contributed by atoms with E-state index in [1.54, 1.807) is 6.20 Å².